The summed E-state index contributed by atoms with van der Waals surface area (Å²) in [7, 11) is -3.72. The molecule has 8 heteroatoms. The van der Waals surface area contributed by atoms with Gasteiger partial charge < -0.3 is 5.43 Å². The van der Waals surface area contributed by atoms with E-state index in [1.165, 1.54) is 6.07 Å². The predicted molar refractivity (Wildman–Crippen MR) is 137 cm³/mol. The first-order valence-electron chi connectivity index (χ1n) is 10.6. The van der Waals surface area contributed by atoms with E-state index in [0.717, 1.165) is 48.4 Å². The van der Waals surface area contributed by atoms with Crippen molar-refractivity contribution in [1.29, 1.82) is 0 Å². The molecule has 1 N–H and O–H groups in total. The van der Waals surface area contributed by atoms with Gasteiger partial charge in [-0.2, -0.15) is 0 Å². The molecule has 1 aliphatic rings. The Morgan fingerprint density at radius 2 is 1.71 bits per heavy atom. The number of rotatable bonds is 4. The number of hydrogen-bond acceptors (Lipinski definition) is 4. The van der Waals surface area contributed by atoms with E-state index in [2.05, 4.69) is 21.4 Å². The Morgan fingerprint density at radius 1 is 1.00 bits per heavy atom. The fourth-order valence-corrected chi connectivity index (χ4v) is 5.62. The Kier molecular flexibility index (Phi) is 5.75. The Bertz CT molecular complexity index is 1560. The number of benzene rings is 3. The van der Waals surface area contributed by atoms with E-state index in [1.807, 2.05) is 55.5 Å². The van der Waals surface area contributed by atoms with Gasteiger partial charge >= 0.3 is 0 Å². The normalized spacial score (nSPS) is 16.5. The summed E-state index contributed by atoms with van der Waals surface area (Å²) in [5.74, 6) is -0.471. The quantitative estimate of drug-likeness (QED) is 0.348. The number of aryl methyl sites for hydroxylation is 1. The van der Waals surface area contributed by atoms with Gasteiger partial charge in [-0.05, 0) is 42.8 Å². The smallest absolute Gasteiger partial charge is 0.228 e. The lowest BCUT2D eigenvalue weighted by Gasteiger charge is -2.24. The summed E-state index contributed by atoms with van der Waals surface area (Å²) in [4.78, 5) is 4.81. The molecule has 5 nitrogen and oxygen atoms in total. The minimum atomic E-state index is -3.72. The molecule has 3 aromatic carbocycles. The maximum atomic E-state index is 14.7. The predicted octanol–water partition coefficient (Wildman–Crippen LogP) is 5.97. The topological polar surface area (TPSA) is 62.3 Å². The van der Waals surface area contributed by atoms with Gasteiger partial charge in [-0.25, -0.2) is 12.8 Å². The molecule has 0 amide bonds. The van der Waals surface area contributed by atoms with Crippen LogP contribution in [0.4, 0.5) is 4.39 Å². The molecule has 0 aliphatic carbocycles. The number of fused-ring (bicyclic) bond motifs is 1. The van der Waals surface area contributed by atoms with E-state index >= 15 is 0 Å². The lowest BCUT2D eigenvalue weighted by atomic mass is 9.92. The molecule has 0 saturated carbocycles. The number of pyridine rings is 1. The second-order valence-corrected chi connectivity index (χ2v) is 11.0. The van der Waals surface area contributed by atoms with Crippen molar-refractivity contribution in [2.45, 2.75) is 13.0 Å². The van der Waals surface area contributed by atoms with Crippen molar-refractivity contribution in [3.05, 3.63) is 106 Å². The molecule has 5 rings (SSSR count). The molecule has 1 aromatic heterocycles. The van der Waals surface area contributed by atoms with Crippen LogP contribution < -0.4 is 5.43 Å². The zero-order valence-corrected chi connectivity index (χ0v) is 20.9. The molecule has 172 valence electrons. The van der Waals surface area contributed by atoms with Crippen molar-refractivity contribution in [3.63, 3.8) is 0 Å². The van der Waals surface area contributed by atoms with E-state index in [1.54, 1.807) is 24.3 Å². The molecule has 0 saturated heterocycles. The molecule has 0 fully saturated rings. The van der Waals surface area contributed by atoms with Crippen LogP contribution in [-0.2, 0) is 10.0 Å². The number of nitrogens with one attached hydrogen (secondary N) is 1. The number of halogens is 2. The second kappa shape index (κ2) is 8.61. The highest BCUT2D eigenvalue weighted by molar-refractivity contribution is 9.10. The fourth-order valence-electron chi connectivity index (χ4n) is 4.40. The SMILES string of the molecule is Cc1nc2ccc(Br)cc2c(-c2ccccc2)c1C1=C[C@H](c2ccccc2F)N(S(C)(=O)=O)N1. The number of aromatic nitrogens is 1. The molecule has 1 aliphatic heterocycles. The number of sulfonamides is 1. The Morgan fingerprint density at radius 3 is 2.41 bits per heavy atom. The first-order chi connectivity index (χ1) is 16.2. The van der Waals surface area contributed by atoms with Gasteiger partial charge in [-0.15, -0.1) is 4.41 Å². The lowest BCUT2D eigenvalue weighted by molar-refractivity contribution is 0.344. The first kappa shape index (κ1) is 22.7. The van der Waals surface area contributed by atoms with Crippen LogP contribution in [0.25, 0.3) is 27.7 Å². The molecule has 0 radical (unpaired) electrons. The molecule has 0 spiro atoms. The third-order valence-corrected chi connectivity index (χ3v) is 7.37. The highest BCUT2D eigenvalue weighted by Crippen LogP contribution is 2.41. The van der Waals surface area contributed by atoms with Gasteiger partial charge in [0.15, 0.2) is 0 Å². The van der Waals surface area contributed by atoms with E-state index in [4.69, 9.17) is 4.98 Å². The Balaban J connectivity index is 1.80. The van der Waals surface area contributed by atoms with Gasteiger partial charge in [0, 0.05) is 32.2 Å². The van der Waals surface area contributed by atoms with Crippen LogP contribution in [0.3, 0.4) is 0 Å². The summed E-state index contributed by atoms with van der Waals surface area (Å²) in [5.41, 5.74) is 8.08. The van der Waals surface area contributed by atoms with E-state index in [9.17, 15) is 12.8 Å². The summed E-state index contributed by atoms with van der Waals surface area (Å²) >= 11 is 3.56. The third kappa shape index (κ3) is 4.02. The van der Waals surface area contributed by atoms with Gasteiger partial charge in [-0.3, -0.25) is 4.98 Å². The van der Waals surface area contributed by atoms with Gasteiger partial charge in [0.1, 0.15) is 5.82 Å². The maximum absolute atomic E-state index is 14.7. The molecular formula is C26H21BrFN3O2S. The highest BCUT2D eigenvalue weighted by Gasteiger charge is 2.36. The summed E-state index contributed by atoms with van der Waals surface area (Å²) in [6, 6.07) is 21.1. The Labute approximate surface area is 206 Å². The first-order valence-corrected chi connectivity index (χ1v) is 13.3. The number of hydrogen-bond donors (Lipinski definition) is 1. The fraction of sp³-hybridized carbons (Fsp3) is 0.115. The van der Waals surface area contributed by atoms with Crippen LogP contribution in [0.15, 0.2) is 83.3 Å². The molecule has 0 bridgehead atoms. The second-order valence-electron chi connectivity index (χ2n) is 8.19. The van der Waals surface area contributed by atoms with E-state index in [-0.39, 0.29) is 5.56 Å². The van der Waals surface area contributed by atoms with Crippen LogP contribution in [0, 0.1) is 12.7 Å². The zero-order chi connectivity index (χ0) is 24.0. The van der Waals surface area contributed by atoms with Crippen LogP contribution in [0.2, 0.25) is 0 Å². The minimum absolute atomic E-state index is 0.269. The zero-order valence-electron chi connectivity index (χ0n) is 18.5. The van der Waals surface area contributed by atoms with Gasteiger partial charge in [0.25, 0.3) is 0 Å². The molecule has 2 heterocycles. The van der Waals surface area contributed by atoms with Crippen molar-refractivity contribution in [3.8, 4) is 11.1 Å². The standard InChI is InChI=1S/C26H21BrFN3O2S/c1-16-25(23-15-24(31(30-23)34(2,32)33)19-10-6-7-11-21(19)28)26(17-8-4-3-5-9-17)20-14-18(27)12-13-22(20)29-16/h3-15,24,30H,1-2H3/t24-/m1/s1. The van der Waals surface area contributed by atoms with Crippen molar-refractivity contribution in [1.82, 2.24) is 14.8 Å². The molecular weight excluding hydrogens is 517 g/mol. The maximum Gasteiger partial charge on any atom is 0.228 e. The molecule has 1 atom stereocenters. The molecule has 0 unspecified atom stereocenters. The monoisotopic (exact) mass is 537 g/mol. The van der Waals surface area contributed by atoms with Crippen molar-refractivity contribution in [2.75, 3.05) is 6.26 Å². The number of hydrazine groups is 1. The minimum Gasteiger partial charge on any atom is -0.304 e. The van der Waals surface area contributed by atoms with Gasteiger partial charge in [0.05, 0.1) is 23.5 Å². The highest BCUT2D eigenvalue weighted by atomic mass is 79.9. The average Bonchev–Trinajstić information content (AvgIpc) is 3.25. The number of nitrogens with zero attached hydrogens (tertiary/aromatic N) is 2. The average molecular weight is 538 g/mol. The van der Waals surface area contributed by atoms with Crippen molar-refractivity contribution >= 4 is 42.6 Å². The van der Waals surface area contributed by atoms with Crippen LogP contribution >= 0.6 is 15.9 Å². The summed E-state index contributed by atoms with van der Waals surface area (Å²) < 4.78 is 42.1. The van der Waals surface area contributed by atoms with Crippen molar-refractivity contribution < 1.29 is 12.8 Å². The van der Waals surface area contributed by atoms with Crippen LogP contribution in [0.5, 0.6) is 0 Å². The summed E-state index contributed by atoms with van der Waals surface area (Å²) in [5, 5.41) is 0.920. The lowest BCUT2D eigenvalue weighted by Crippen LogP contribution is -2.39. The molecule has 34 heavy (non-hydrogen) atoms. The van der Waals surface area contributed by atoms with Gasteiger partial charge in [0.2, 0.25) is 10.0 Å². The van der Waals surface area contributed by atoms with E-state index in [0.29, 0.717) is 5.70 Å². The van der Waals surface area contributed by atoms with E-state index < -0.39 is 21.9 Å². The molecule has 4 aromatic rings. The van der Waals surface area contributed by atoms with Gasteiger partial charge in [-0.1, -0.05) is 64.5 Å². The van der Waals surface area contributed by atoms with Crippen LogP contribution in [0.1, 0.15) is 22.9 Å². The summed E-state index contributed by atoms with van der Waals surface area (Å²) in [6.45, 7) is 1.90. The summed E-state index contributed by atoms with van der Waals surface area (Å²) in [6.07, 6.45) is 2.85. The largest absolute Gasteiger partial charge is 0.304 e. The van der Waals surface area contributed by atoms with Crippen molar-refractivity contribution in [2.24, 2.45) is 0 Å². The van der Waals surface area contributed by atoms with Crippen LogP contribution in [-0.4, -0.2) is 24.1 Å². The third-order valence-electron chi connectivity index (χ3n) is 5.85. The Hall–Kier alpha value is -3.07.